The lowest BCUT2D eigenvalue weighted by molar-refractivity contribution is 0.745. The van der Waals surface area contributed by atoms with Crippen molar-refractivity contribution in [3.63, 3.8) is 0 Å². The van der Waals surface area contributed by atoms with Crippen LogP contribution in [-0.2, 0) is 6.42 Å². The van der Waals surface area contributed by atoms with E-state index >= 15 is 0 Å². The summed E-state index contributed by atoms with van der Waals surface area (Å²) >= 11 is 1.47. The number of hydrogen-bond acceptors (Lipinski definition) is 4. The van der Waals surface area contributed by atoms with Gasteiger partial charge in [-0.2, -0.15) is 0 Å². The zero-order valence-corrected chi connectivity index (χ0v) is 9.37. The second kappa shape index (κ2) is 4.40. The Morgan fingerprint density at radius 2 is 2.00 bits per heavy atom. The largest absolute Gasteiger partial charge is 0.374 e. The Morgan fingerprint density at radius 1 is 1.27 bits per heavy atom. The fourth-order valence-electron chi connectivity index (χ4n) is 1.51. The van der Waals surface area contributed by atoms with Crippen molar-refractivity contribution in [2.45, 2.75) is 19.3 Å². The van der Waals surface area contributed by atoms with Gasteiger partial charge in [0.05, 0.1) is 0 Å². The van der Waals surface area contributed by atoms with Crippen LogP contribution in [0.3, 0.4) is 0 Å². The number of nitrogens with zero attached hydrogens (tertiary/aromatic N) is 2. The molecule has 78 valence electrons. The molecule has 0 unspecified atom stereocenters. The van der Waals surface area contributed by atoms with Crippen LogP contribution in [0.15, 0.2) is 30.3 Å². The van der Waals surface area contributed by atoms with E-state index in [1.54, 1.807) is 0 Å². The maximum atomic E-state index is 5.54. The summed E-state index contributed by atoms with van der Waals surface area (Å²) in [6.45, 7) is 2.19. The highest BCUT2D eigenvalue weighted by Gasteiger charge is 2.09. The molecule has 1 atom stereocenters. The molecule has 0 amide bonds. The molecular formula is C11H13N3S. The van der Waals surface area contributed by atoms with Gasteiger partial charge in [-0.15, -0.1) is 10.2 Å². The molecule has 1 aromatic heterocycles. The molecule has 0 spiro atoms. The quantitative estimate of drug-likeness (QED) is 0.862. The molecule has 0 aliphatic rings. The van der Waals surface area contributed by atoms with Crippen molar-refractivity contribution >= 4 is 16.5 Å². The standard InChI is InChI=1S/C11H13N3S/c1-8(9-5-3-2-4-6-9)7-10-13-14-11(12)15-10/h2-6,8H,7H2,1H3,(H2,12,14)/t8-/m1/s1. The molecule has 2 N–H and O–H groups in total. The van der Waals surface area contributed by atoms with E-state index in [2.05, 4.69) is 41.4 Å². The van der Waals surface area contributed by atoms with E-state index in [1.165, 1.54) is 16.9 Å². The lowest BCUT2D eigenvalue weighted by atomic mass is 9.98. The molecule has 0 fully saturated rings. The molecule has 0 saturated heterocycles. The van der Waals surface area contributed by atoms with E-state index in [0.717, 1.165) is 11.4 Å². The van der Waals surface area contributed by atoms with Crippen LogP contribution in [0.4, 0.5) is 5.13 Å². The average molecular weight is 219 g/mol. The van der Waals surface area contributed by atoms with Crippen molar-refractivity contribution in [2.24, 2.45) is 0 Å². The second-order valence-electron chi connectivity index (χ2n) is 3.55. The first kappa shape index (κ1) is 10.1. The van der Waals surface area contributed by atoms with Gasteiger partial charge in [-0.05, 0) is 11.5 Å². The molecule has 0 aliphatic carbocycles. The lowest BCUT2D eigenvalue weighted by Crippen LogP contribution is -1.97. The number of benzene rings is 1. The van der Waals surface area contributed by atoms with Crippen LogP contribution in [0.5, 0.6) is 0 Å². The van der Waals surface area contributed by atoms with Crippen molar-refractivity contribution in [3.05, 3.63) is 40.9 Å². The number of nitrogens with two attached hydrogens (primary N) is 1. The van der Waals surface area contributed by atoms with Gasteiger partial charge in [-0.3, -0.25) is 0 Å². The zero-order valence-electron chi connectivity index (χ0n) is 8.55. The number of rotatable bonds is 3. The summed E-state index contributed by atoms with van der Waals surface area (Å²) in [6, 6.07) is 10.4. The summed E-state index contributed by atoms with van der Waals surface area (Å²) < 4.78 is 0. The monoisotopic (exact) mass is 219 g/mol. The predicted molar refractivity (Wildman–Crippen MR) is 62.9 cm³/mol. The third-order valence-electron chi connectivity index (χ3n) is 2.33. The molecular weight excluding hydrogens is 206 g/mol. The van der Waals surface area contributed by atoms with Crippen molar-refractivity contribution in [3.8, 4) is 0 Å². The van der Waals surface area contributed by atoms with Crippen LogP contribution >= 0.6 is 11.3 Å². The fraction of sp³-hybridized carbons (Fsp3) is 0.273. The van der Waals surface area contributed by atoms with Gasteiger partial charge >= 0.3 is 0 Å². The smallest absolute Gasteiger partial charge is 0.203 e. The van der Waals surface area contributed by atoms with Crippen molar-refractivity contribution in [2.75, 3.05) is 5.73 Å². The van der Waals surface area contributed by atoms with E-state index in [4.69, 9.17) is 5.73 Å². The fourth-order valence-corrected chi connectivity index (χ4v) is 2.25. The minimum Gasteiger partial charge on any atom is -0.374 e. The Morgan fingerprint density at radius 3 is 2.60 bits per heavy atom. The van der Waals surface area contributed by atoms with Gasteiger partial charge < -0.3 is 5.73 Å². The minimum atomic E-state index is 0.457. The number of nitrogen functional groups attached to an aromatic ring is 1. The van der Waals surface area contributed by atoms with Crippen LogP contribution < -0.4 is 5.73 Å². The summed E-state index contributed by atoms with van der Waals surface area (Å²) in [6.07, 6.45) is 0.902. The Balaban J connectivity index is 2.07. The molecule has 0 bridgehead atoms. The predicted octanol–water partition coefficient (Wildman–Crippen LogP) is 2.47. The van der Waals surface area contributed by atoms with Crippen molar-refractivity contribution in [1.82, 2.24) is 10.2 Å². The van der Waals surface area contributed by atoms with Crippen LogP contribution in [0.2, 0.25) is 0 Å². The van der Waals surface area contributed by atoms with Gasteiger partial charge in [0, 0.05) is 6.42 Å². The van der Waals surface area contributed by atoms with E-state index < -0.39 is 0 Å². The molecule has 1 heterocycles. The normalized spacial score (nSPS) is 12.6. The van der Waals surface area contributed by atoms with Gasteiger partial charge in [0.1, 0.15) is 5.01 Å². The van der Waals surface area contributed by atoms with E-state index in [1.807, 2.05) is 6.07 Å². The average Bonchev–Trinajstić information content (AvgIpc) is 2.65. The summed E-state index contributed by atoms with van der Waals surface area (Å²) in [5.41, 5.74) is 6.86. The third kappa shape index (κ3) is 2.53. The van der Waals surface area contributed by atoms with Crippen LogP contribution in [0, 0.1) is 0 Å². The summed E-state index contributed by atoms with van der Waals surface area (Å²) in [5.74, 6) is 0.457. The van der Waals surface area contributed by atoms with Crippen LogP contribution in [0.25, 0.3) is 0 Å². The molecule has 0 saturated carbocycles. The van der Waals surface area contributed by atoms with E-state index in [0.29, 0.717) is 11.0 Å². The van der Waals surface area contributed by atoms with Gasteiger partial charge in [-0.1, -0.05) is 48.6 Å². The molecule has 0 radical (unpaired) electrons. The zero-order chi connectivity index (χ0) is 10.7. The van der Waals surface area contributed by atoms with Crippen molar-refractivity contribution in [1.29, 1.82) is 0 Å². The Labute approximate surface area is 93.0 Å². The van der Waals surface area contributed by atoms with E-state index in [-0.39, 0.29) is 0 Å². The molecule has 15 heavy (non-hydrogen) atoms. The Bertz CT molecular complexity index is 424. The summed E-state index contributed by atoms with van der Waals surface area (Å²) in [7, 11) is 0. The third-order valence-corrected chi connectivity index (χ3v) is 3.11. The highest BCUT2D eigenvalue weighted by molar-refractivity contribution is 7.15. The van der Waals surface area contributed by atoms with Crippen LogP contribution in [-0.4, -0.2) is 10.2 Å². The maximum Gasteiger partial charge on any atom is 0.203 e. The second-order valence-corrected chi connectivity index (χ2v) is 4.64. The minimum absolute atomic E-state index is 0.457. The SMILES string of the molecule is C[C@H](Cc1nnc(N)s1)c1ccccc1. The Hall–Kier alpha value is -1.42. The summed E-state index contributed by atoms with van der Waals surface area (Å²) in [5, 5.41) is 9.38. The molecule has 2 aromatic rings. The molecule has 2 rings (SSSR count). The first-order chi connectivity index (χ1) is 7.25. The maximum absolute atomic E-state index is 5.54. The van der Waals surface area contributed by atoms with Gasteiger partial charge in [0.15, 0.2) is 0 Å². The van der Waals surface area contributed by atoms with Crippen molar-refractivity contribution < 1.29 is 0 Å². The highest BCUT2D eigenvalue weighted by Crippen LogP contribution is 2.22. The van der Waals surface area contributed by atoms with E-state index in [9.17, 15) is 0 Å². The summed E-state index contributed by atoms with van der Waals surface area (Å²) in [4.78, 5) is 0. The van der Waals surface area contributed by atoms with Gasteiger partial charge in [0.25, 0.3) is 0 Å². The molecule has 4 heteroatoms. The molecule has 0 aliphatic heterocycles. The van der Waals surface area contributed by atoms with Gasteiger partial charge in [-0.25, -0.2) is 0 Å². The first-order valence-electron chi connectivity index (χ1n) is 4.88. The van der Waals surface area contributed by atoms with Gasteiger partial charge in [0.2, 0.25) is 5.13 Å². The number of hydrogen-bond donors (Lipinski definition) is 1. The number of anilines is 1. The topological polar surface area (TPSA) is 51.8 Å². The molecule has 1 aromatic carbocycles. The first-order valence-corrected chi connectivity index (χ1v) is 5.70. The molecule has 3 nitrogen and oxygen atoms in total. The lowest BCUT2D eigenvalue weighted by Gasteiger charge is -2.08. The highest BCUT2D eigenvalue weighted by atomic mass is 32.1. The Kier molecular flexibility index (Phi) is 2.97. The van der Waals surface area contributed by atoms with Crippen LogP contribution in [0.1, 0.15) is 23.4 Å². The number of aromatic nitrogens is 2.